The smallest absolute Gasteiger partial charge is 0.433 e. The zero-order chi connectivity index (χ0) is 35.0. The highest BCUT2D eigenvalue weighted by Crippen LogP contribution is 2.18. The molecule has 0 aromatic rings. The number of hydrogen-bond donors (Lipinski definition) is 1. The van der Waals surface area contributed by atoms with E-state index in [2.05, 4.69) is 67.4 Å². The lowest BCUT2D eigenvalue weighted by Gasteiger charge is -2.19. The van der Waals surface area contributed by atoms with Crippen molar-refractivity contribution in [3.8, 4) is 0 Å². The molecule has 0 heterocycles. The van der Waals surface area contributed by atoms with E-state index in [4.69, 9.17) is 15.2 Å². The summed E-state index contributed by atoms with van der Waals surface area (Å²) in [5.41, 5.74) is 5.61. The summed E-state index contributed by atoms with van der Waals surface area (Å²) < 4.78 is 11.2. The van der Waals surface area contributed by atoms with Gasteiger partial charge in [0.25, 0.3) is 0 Å². The van der Waals surface area contributed by atoms with E-state index in [0.717, 1.165) is 45.1 Å². The van der Waals surface area contributed by atoms with Gasteiger partial charge in [0.05, 0.1) is 0 Å². The highest BCUT2D eigenvalue weighted by Gasteiger charge is 2.15. The number of likely N-dealkylation sites (N-methyl/N-ethyl adjacent to an activating group) is 1. The molecule has 0 aromatic heterocycles. The van der Waals surface area contributed by atoms with Crippen LogP contribution in [0, 0.1) is 0 Å². The molecule has 0 atom stereocenters. The van der Waals surface area contributed by atoms with Crippen LogP contribution in [0.15, 0.2) is 48.6 Å². The van der Waals surface area contributed by atoms with Crippen LogP contribution in [0.4, 0.5) is 4.79 Å². The first-order chi connectivity index (χ1) is 23.6. The summed E-state index contributed by atoms with van der Waals surface area (Å²) in [5, 5.41) is 0. The Morgan fingerprint density at radius 3 is 1.38 bits per heavy atom. The molecule has 0 fully saturated rings. The maximum absolute atomic E-state index is 12.4. The van der Waals surface area contributed by atoms with E-state index in [0.29, 0.717) is 19.7 Å². The topological polar surface area (TPSA) is 64.8 Å². The van der Waals surface area contributed by atoms with Gasteiger partial charge in [-0.25, -0.2) is 4.79 Å². The Morgan fingerprint density at radius 2 is 0.958 bits per heavy atom. The van der Waals surface area contributed by atoms with Gasteiger partial charge in [-0.15, -0.1) is 0 Å². The Morgan fingerprint density at radius 1 is 0.562 bits per heavy atom. The molecule has 2 N–H and O–H groups in total. The Hall–Kier alpha value is -1.85. The van der Waals surface area contributed by atoms with Gasteiger partial charge in [0, 0.05) is 19.6 Å². The third kappa shape index (κ3) is 37.0. The number of rotatable bonds is 36. The summed E-state index contributed by atoms with van der Waals surface area (Å²) >= 11 is 0. The average molecular weight is 673 g/mol. The summed E-state index contributed by atoms with van der Waals surface area (Å²) in [6, 6.07) is 0. The highest BCUT2D eigenvalue weighted by molar-refractivity contribution is 5.60. The van der Waals surface area contributed by atoms with Crippen molar-refractivity contribution in [2.24, 2.45) is 5.73 Å². The number of carbonyl (C=O) groups excluding carboxylic acids is 1. The van der Waals surface area contributed by atoms with Crippen LogP contribution in [-0.4, -0.2) is 50.4 Å². The van der Waals surface area contributed by atoms with Gasteiger partial charge >= 0.3 is 6.16 Å². The predicted octanol–water partition coefficient (Wildman–Crippen LogP) is 12.8. The molecular formula is C43H80N2O3. The monoisotopic (exact) mass is 673 g/mol. The first-order valence-electron chi connectivity index (χ1n) is 20.5. The van der Waals surface area contributed by atoms with E-state index in [9.17, 15) is 4.79 Å². The molecule has 5 heteroatoms. The molecule has 0 amide bonds. The Kier molecular flexibility index (Phi) is 38.1. The lowest BCUT2D eigenvalue weighted by Crippen LogP contribution is -2.30. The molecule has 48 heavy (non-hydrogen) atoms. The number of ether oxygens (including phenoxy) is 2. The van der Waals surface area contributed by atoms with E-state index >= 15 is 0 Å². The molecule has 0 spiro atoms. The molecule has 0 aliphatic heterocycles. The minimum atomic E-state index is -0.513. The lowest BCUT2D eigenvalue weighted by molar-refractivity contribution is 0.0131. The summed E-state index contributed by atoms with van der Waals surface area (Å²) in [7, 11) is 1.99. The van der Waals surface area contributed by atoms with Crippen LogP contribution in [0.5, 0.6) is 0 Å². The molecule has 0 rings (SSSR count). The second kappa shape index (κ2) is 39.6. The van der Waals surface area contributed by atoms with Gasteiger partial charge in [0.15, 0.2) is 0 Å². The second-order valence-electron chi connectivity index (χ2n) is 13.7. The fourth-order valence-corrected chi connectivity index (χ4v) is 5.77. The fourth-order valence-electron chi connectivity index (χ4n) is 5.77. The van der Waals surface area contributed by atoms with Crippen LogP contribution in [0.3, 0.4) is 0 Å². The standard InChI is InChI=1S/C43H80N2O3/c1-4-6-8-10-12-14-16-18-20-22-24-26-28-30-32-34-36-42(48-43(46)47-41-40-45(3)39-38-44)37-35-33-31-29-27-25-23-21-19-17-15-13-11-9-7-5-2/h12-15,18-21,42H,4-11,16-17,22-41,44H2,1-3H3/b14-12-,15-13-,20-18-,21-19-. The minimum Gasteiger partial charge on any atom is -0.433 e. The molecule has 5 nitrogen and oxygen atoms in total. The van der Waals surface area contributed by atoms with Gasteiger partial charge in [0.1, 0.15) is 12.7 Å². The maximum atomic E-state index is 12.4. The zero-order valence-electron chi connectivity index (χ0n) is 32.2. The fraction of sp³-hybridized carbons (Fsp3) is 0.791. The van der Waals surface area contributed by atoms with Crippen molar-refractivity contribution in [3.63, 3.8) is 0 Å². The number of allylic oxidation sites excluding steroid dienone is 8. The largest absolute Gasteiger partial charge is 0.508 e. The van der Waals surface area contributed by atoms with Crippen molar-refractivity contribution in [1.82, 2.24) is 4.90 Å². The summed E-state index contributed by atoms with van der Waals surface area (Å²) in [6.07, 6.45) is 49.8. The van der Waals surface area contributed by atoms with Crippen LogP contribution < -0.4 is 5.73 Å². The van der Waals surface area contributed by atoms with E-state index in [1.165, 1.54) is 128 Å². The van der Waals surface area contributed by atoms with Crippen molar-refractivity contribution in [1.29, 1.82) is 0 Å². The molecule has 0 saturated heterocycles. The summed E-state index contributed by atoms with van der Waals surface area (Å²) in [5.74, 6) is 0. The van der Waals surface area contributed by atoms with Crippen LogP contribution in [-0.2, 0) is 9.47 Å². The maximum Gasteiger partial charge on any atom is 0.508 e. The zero-order valence-corrected chi connectivity index (χ0v) is 32.2. The number of unbranched alkanes of at least 4 members (excludes halogenated alkanes) is 18. The molecule has 0 aliphatic carbocycles. The first kappa shape index (κ1) is 46.1. The van der Waals surface area contributed by atoms with E-state index in [1.807, 2.05) is 7.05 Å². The SMILES string of the molecule is CCCCC/C=C\C/C=C\CCCCCCCCC(CCCCCCCC/C=C\C/C=C\CCCCC)OC(=O)OCCN(C)CCN. The Labute approximate surface area is 299 Å². The van der Waals surface area contributed by atoms with Gasteiger partial charge in [0.2, 0.25) is 0 Å². The van der Waals surface area contributed by atoms with Crippen LogP contribution in [0.1, 0.15) is 181 Å². The number of nitrogens with zero attached hydrogens (tertiary/aromatic N) is 1. The minimum absolute atomic E-state index is 0.0315. The quantitative estimate of drug-likeness (QED) is 0.0408. The molecule has 0 aliphatic rings. The number of carbonyl (C=O) groups is 1. The normalized spacial score (nSPS) is 12.3. The summed E-state index contributed by atoms with van der Waals surface area (Å²) in [4.78, 5) is 14.5. The molecule has 0 bridgehead atoms. The molecule has 0 saturated carbocycles. The van der Waals surface area contributed by atoms with Crippen LogP contribution in [0.2, 0.25) is 0 Å². The Bertz CT molecular complexity index is 728. The second-order valence-corrected chi connectivity index (χ2v) is 13.7. The summed E-state index contributed by atoms with van der Waals surface area (Å²) in [6.45, 7) is 6.93. The van der Waals surface area contributed by atoms with E-state index < -0.39 is 6.16 Å². The van der Waals surface area contributed by atoms with Crippen molar-refractivity contribution < 1.29 is 14.3 Å². The Balaban J connectivity index is 4.12. The van der Waals surface area contributed by atoms with Gasteiger partial charge < -0.3 is 20.1 Å². The van der Waals surface area contributed by atoms with Crippen LogP contribution in [0.25, 0.3) is 0 Å². The van der Waals surface area contributed by atoms with Gasteiger partial charge in [-0.2, -0.15) is 0 Å². The third-order valence-electron chi connectivity index (χ3n) is 8.92. The highest BCUT2D eigenvalue weighted by atomic mass is 16.7. The molecule has 0 unspecified atom stereocenters. The molecule has 280 valence electrons. The van der Waals surface area contributed by atoms with Crippen molar-refractivity contribution in [3.05, 3.63) is 48.6 Å². The lowest BCUT2D eigenvalue weighted by atomic mass is 10.0. The average Bonchev–Trinajstić information content (AvgIpc) is 3.07. The van der Waals surface area contributed by atoms with Crippen molar-refractivity contribution in [2.75, 3.05) is 33.3 Å². The van der Waals surface area contributed by atoms with Crippen molar-refractivity contribution >= 4 is 6.16 Å². The van der Waals surface area contributed by atoms with Gasteiger partial charge in [-0.05, 0) is 96.9 Å². The molecule has 0 aromatic carbocycles. The predicted molar refractivity (Wildman–Crippen MR) is 211 cm³/mol. The van der Waals surface area contributed by atoms with E-state index in [-0.39, 0.29) is 6.10 Å². The third-order valence-corrected chi connectivity index (χ3v) is 8.92. The number of hydrogen-bond acceptors (Lipinski definition) is 5. The van der Waals surface area contributed by atoms with Gasteiger partial charge in [-0.3, -0.25) is 0 Å². The van der Waals surface area contributed by atoms with Crippen LogP contribution >= 0.6 is 0 Å². The van der Waals surface area contributed by atoms with Crippen molar-refractivity contribution in [2.45, 2.75) is 187 Å². The van der Waals surface area contributed by atoms with Gasteiger partial charge in [-0.1, -0.05) is 140 Å². The molecule has 0 radical (unpaired) electrons. The molecular weight excluding hydrogens is 592 g/mol. The number of nitrogens with two attached hydrogens (primary N) is 1. The van der Waals surface area contributed by atoms with E-state index in [1.54, 1.807) is 0 Å². The first-order valence-corrected chi connectivity index (χ1v) is 20.5.